The van der Waals surface area contributed by atoms with Gasteiger partial charge in [-0.25, -0.2) is 14.8 Å². The Kier molecular flexibility index (Phi) is 3.47. The van der Waals surface area contributed by atoms with Crippen LogP contribution in [0.5, 0.6) is 0 Å². The third-order valence-corrected chi connectivity index (χ3v) is 2.33. The average molecular weight is 286 g/mol. The lowest BCUT2D eigenvalue weighted by molar-refractivity contribution is 0.0592. The second-order valence-electron chi connectivity index (χ2n) is 1.94. The maximum atomic E-state index is 11.0. The summed E-state index contributed by atoms with van der Waals surface area (Å²) in [4.78, 5) is 18.5. The summed E-state index contributed by atoms with van der Waals surface area (Å²) in [7, 11) is 1.24. The maximum Gasteiger partial charge on any atom is 0.359 e. The normalized spacial score (nSPS) is 9.85. The predicted octanol–water partition coefficient (Wildman–Crippen LogP) is 2.33. The molecular weight excluding hydrogens is 283 g/mol. The largest absolute Gasteiger partial charge is 0.464 e. The smallest absolute Gasteiger partial charge is 0.359 e. The highest BCUT2D eigenvalue weighted by Crippen LogP contribution is 2.22. The lowest BCUT2D eigenvalue weighted by atomic mass is 10.5. The van der Waals surface area contributed by atoms with Crippen LogP contribution in [0.2, 0.25) is 10.3 Å². The van der Waals surface area contributed by atoms with E-state index in [1.54, 1.807) is 0 Å². The van der Waals surface area contributed by atoms with E-state index in [0.717, 1.165) is 0 Å². The van der Waals surface area contributed by atoms with Crippen LogP contribution in [0.15, 0.2) is 4.60 Å². The van der Waals surface area contributed by atoms with Crippen LogP contribution < -0.4 is 0 Å². The van der Waals surface area contributed by atoms with Gasteiger partial charge < -0.3 is 4.74 Å². The highest BCUT2D eigenvalue weighted by atomic mass is 79.9. The zero-order valence-corrected chi connectivity index (χ0v) is 9.44. The molecule has 0 aliphatic heterocycles. The molecule has 0 aliphatic carbocycles. The molecule has 0 radical (unpaired) electrons. The Hall–Kier alpha value is -0.390. The second kappa shape index (κ2) is 4.21. The molecule has 0 N–H and O–H groups in total. The minimum Gasteiger partial charge on any atom is -0.464 e. The number of halogens is 3. The van der Waals surface area contributed by atoms with E-state index in [4.69, 9.17) is 23.2 Å². The Morgan fingerprint density at radius 2 is 1.92 bits per heavy atom. The van der Waals surface area contributed by atoms with Gasteiger partial charge >= 0.3 is 5.97 Å². The van der Waals surface area contributed by atoms with Crippen molar-refractivity contribution in [2.45, 2.75) is 0 Å². The van der Waals surface area contributed by atoms with Gasteiger partial charge in [0.05, 0.1) is 7.11 Å². The molecule has 0 fully saturated rings. The molecule has 0 unspecified atom stereocenters. The Morgan fingerprint density at radius 3 is 2.46 bits per heavy atom. The van der Waals surface area contributed by atoms with Crippen molar-refractivity contribution in [3.8, 4) is 0 Å². The van der Waals surface area contributed by atoms with Gasteiger partial charge in [-0.05, 0) is 15.9 Å². The van der Waals surface area contributed by atoms with Crippen LogP contribution in [0, 0.1) is 0 Å². The van der Waals surface area contributed by atoms with E-state index in [1.165, 1.54) is 7.11 Å². The first-order valence-electron chi connectivity index (χ1n) is 3.03. The van der Waals surface area contributed by atoms with E-state index in [0.29, 0.717) is 0 Å². The zero-order valence-electron chi connectivity index (χ0n) is 6.34. The SMILES string of the molecule is COC(=O)c1nc(Cl)c(Cl)nc1Br. The van der Waals surface area contributed by atoms with Crippen LogP contribution in [0.25, 0.3) is 0 Å². The monoisotopic (exact) mass is 284 g/mol. The molecule has 13 heavy (non-hydrogen) atoms. The van der Waals surface area contributed by atoms with E-state index in [9.17, 15) is 4.79 Å². The van der Waals surface area contributed by atoms with Crippen LogP contribution in [-0.2, 0) is 4.74 Å². The summed E-state index contributed by atoms with van der Waals surface area (Å²) in [5.41, 5.74) is -0.00287. The van der Waals surface area contributed by atoms with Gasteiger partial charge in [0.15, 0.2) is 16.0 Å². The fourth-order valence-corrected chi connectivity index (χ4v) is 1.39. The molecule has 0 aromatic carbocycles. The zero-order chi connectivity index (χ0) is 10.0. The molecule has 0 atom stereocenters. The molecular formula is C6H3BrCl2N2O2. The van der Waals surface area contributed by atoms with Crippen LogP contribution in [0.3, 0.4) is 0 Å². The number of aromatic nitrogens is 2. The standard InChI is InChI=1S/C6H3BrCl2N2O2/c1-13-6(12)2-3(7)11-5(9)4(8)10-2/h1H3. The van der Waals surface area contributed by atoms with E-state index in [2.05, 4.69) is 30.6 Å². The minimum atomic E-state index is -0.627. The molecule has 7 heteroatoms. The van der Waals surface area contributed by atoms with Crippen LogP contribution in [0.1, 0.15) is 10.5 Å². The number of nitrogens with zero attached hydrogens (tertiary/aromatic N) is 2. The Labute approximate surface area is 92.3 Å². The summed E-state index contributed by atoms with van der Waals surface area (Å²) < 4.78 is 4.64. The van der Waals surface area contributed by atoms with E-state index in [1.807, 2.05) is 0 Å². The molecule has 0 amide bonds. The summed E-state index contributed by atoms with van der Waals surface area (Å²) in [5, 5.41) is -0.00791. The van der Waals surface area contributed by atoms with Gasteiger partial charge in [-0.2, -0.15) is 0 Å². The fourth-order valence-electron chi connectivity index (χ4n) is 0.602. The predicted molar refractivity (Wildman–Crippen MR) is 51.1 cm³/mol. The van der Waals surface area contributed by atoms with Crippen molar-refractivity contribution in [3.63, 3.8) is 0 Å². The quantitative estimate of drug-likeness (QED) is 0.743. The molecule has 0 saturated carbocycles. The van der Waals surface area contributed by atoms with Crippen molar-refractivity contribution >= 4 is 45.1 Å². The van der Waals surface area contributed by atoms with Crippen molar-refractivity contribution in [3.05, 3.63) is 20.6 Å². The first-order valence-corrected chi connectivity index (χ1v) is 4.58. The first-order chi connectivity index (χ1) is 6.06. The summed E-state index contributed by atoms with van der Waals surface area (Å²) >= 11 is 14.1. The number of hydrogen-bond acceptors (Lipinski definition) is 4. The Balaban J connectivity index is 3.23. The van der Waals surface area contributed by atoms with Gasteiger partial charge in [0.1, 0.15) is 4.60 Å². The number of rotatable bonds is 1. The first kappa shape index (κ1) is 10.7. The Morgan fingerprint density at radius 1 is 1.38 bits per heavy atom. The van der Waals surface area contributed by atoms with Crippen molar-refractivity contribution in [1.29, 1.82) is 0 Å². The molecule has 1 heterocycles. The summed E-state index contributed by atoms with van der Waals surface area (Å²) in [6.07, 6.45) is 0. The number of ether oxygens (including phenoxy) is 1. The van der Waals surface area contributed by atoms with Gasteiger partial charge in [-0.1, -0.05) is 23.2 Å². The highest BCUT2D eigenvalue weighted by molar-refractivity contribution is 9.10. The molecule has 0 aliphatic rings. The average Bonchev–Trinajstić information content (AvgIpc) is 2.10. The van der Waals surface area contributed by atoms with Gasteiger partial charge in [-0.3, -0.25) is 0 Å². The molecule has 4 nitrogen and oxygen atoms in total. The second-order valence-corrected chi connectivity index (χ2v) is 3.40. The van der Waals surface area contributed by atoms with Crippen molar-refractivity contribution in [2.75, 3.05) is 7.11 Å². The lowest BCUT2D eigenvalue weighted by Crippen LogP contribution is -2.07. The number of esters is 1. The van der Waals surface area contributed by atoms with E-state index in [-0.39, 0.29) is 20.6 Å². The topological polar surface area (TPSA) is 52.1 Å². The van der Waals surface area contributed by atoms with Crippen molar-refractivity contribution < 1.29 is 9.53 Å². The molecule has 1 rings (SSSR count). The molecule has 0 spiro atoms. The van der Waals surface area contributed by atoms with Crippen LogP contribution in [-0.4, -0.2) is 23.0 Å². The van der Waals surface area contributed by atoms with E-state index >= 15 is 0 Å². The summed E-state index contributed by atoms with van der Waals surface area (Å²) in [5.74, 6) is -0.627. The van der Waals surface area contributed by atoms with Gasteiger partial charge in [-0.15, -0.1) is 0 Å². The summed E-state index contributed by atoms with van der Waals surface area (Å²) in [6.45, 7) is 0. The molecule has 1 aromatic heterocycles. The number of methoxy groups -OCH3 is 1. The third-order valence-electron chi connectivity index (χ3n) is 1.15. The number of hydrogen-bond donors (Lipinski definition) is 0. The number of carbonyl (C=O) groups is 1. The maximum absolute atomic E-state index is 11.0. The van der Waals surface area contributed by atoms with Gasteiger partial charge in [0, 0.05) is 0 Å². The molecule has 70 valence electrons. The van der Waals surface area contributed by atoms with Gasteiger partial charge in [0.2, 0.25) is 0 Å². The minimum absolute atomic E-state index is 0.00287. The van der Waals surface area contributed by atoms with Crippen molar-refractivity contribution in [2.24, 2.45) is 0 Å². The van der Waals surface area contributed by atoms with E-state index < -0.39 is 5.97 Å². The number of carbonyl (C=O) groups excluding carboxylic acids is 1. The van der Waals surface area contributed by atoms with Gasteiger partial charge in [0.25, 0.3) is 0 Å². The molecule has 1 aromatic rings. The van der Waals surface area contributed by atoms with Crippen LogP contribution in [0.4, 0.5) is 0 Å². The molecule has 0 bridgehead atoms. The third kappa shape index (κ3) is 2.30. The lowest BCUT2D eigenvalue weighted by Gasteiger charge is -2.01. The highest BCUT2D eigenvalue weighted by Gasteiger charge is 2.16. The summed E-state index contributed by atoms with van der Waals surface area (Å²) in [6, 6.07) is 0. The fraction of sp³-hybridized carbons (Fsp3) is 0.167. The van der Waals surface area contributed by atoms with Crippen molar-refractivity contribution in [1.82, 2.24) is 9.97 Å². The van der Waals surface area contributed by atoms with Crippen LogP contribution >= 0.6 is 39.1 Å². The Bertz CT molecular complexity index is 359. The molecule has 0 saturated heterocycles.